The van der Waals surface area contributed by atoms with Gasteiger partial charge in [-0.25, -0.2) is 4.98 Å². The predicted molar refractivity (Wildman–Crippen MR) is 95.6 cm³/mol. The molecule has 0 saturated carbocycles. The van der Waals surface area contributed by atoms with E-state index in [4.69, 9.17) is 4.52 Å². The van der Waals surface area contributed by atoms with E-state index in [-0.39, 0.29) is 11.9 Å². The van der Waals surface area contributed by atoms with Crippen molar-refractivity contribution >= 4 is 11.4 Å². The summed E-state index contributed by atoms with van der Waals surface area (Å²) in [6.45, 7) is 1.90. The molecule has 1 N–H and O–H groups in total. The summed E-state index contributed by atoms with van der Waals surface area (Å²) in [5, 5.41) is 6.95. The Morgan fingerprint density at radius 2 is 2.12 bits per heavy atom. The number of nitrogens with one attached hydrogen (secondary N) is 1. The summed E-state index contributed by atoms with van der Waals surface area (Å²) in [7, 11) is 0. The predicted octanol–water partition coefficient (Wildman–Crippen LogP) is 2.75. The molecule has 26 heavy (non-hydrogen) atoms. The monoisotopic (exact) mass is 347 g/mol. The van der Waals surface area contributed by atoms with Gasteiger partial charge in [-0.2, -0.15) is 4.98 Å². The first kappa shape index (κ1) is 16.0. The van der Waals surface area contributed by atoms with E-state index in [2.05, 4.69) is 20.4 Å². The smallest absolute Gasteiger partial charge is 0.251 e. The average molecular weight is 347 g/mol. The van der Waals surface area contributed by atoms with E-state index in [0.29, 0.717) is 23.7 Å². The van der Waals surface area contributed by atoms with E-state index in [1.807, 2.05) is 47.9 Å². The van der Waals surface area contributed by atoms with Gasteiger partial charge in [0.25, 0.3) is 5.91 Å². The van der Waals surface area contributed by atoms with Gasteiger partial charge in [0.05, 0.1) is 18.0 Å². The van der Waals surface area contributed by atoms with Gasteiger partial charge in [0.2, 0.25) is 11.7 Å². The van der Waals surface area contributed by atoms with Crippen LogP contribution in [0.4, 0.5) is 0 Å². The highest BCUT2D eigenvalue weighted by Crippen LogP contribution is 2.15. The van der Waals surface area contributed by atoms with Gasteiger partial charge in [-0.1, -0.05) is 35.5 Å². The molecule has 1 aromatic carbocycles. The van der Waals surface area contributed by atoms with Crippen molar-refractivity contribution < 1.29 is 9.32 Å². The number of nitrogens with zero attached hydrogens (tertiary/aromatic N) is 4. The first-order chi connectivity index (χ1) is 12.7. The van der Waals surface area contributed by atoms with Crippen LogP contribution in [0.3, 0.4) is 0 Å². The second-order valence-electron chi connectivity index (χ2n) is 6.10. The van der Waals surface area contributed by atoms with Crippen LogP contribution in [0.25, 0.3) is 16.9 Å². The van der Waals surface area contributed by atoms with Crippen molar-refractivity contribution in [3.8, 4) is 11.4 Å². The number of fused-ring (bicyclic) bond motifs is 1. The minimum atomic E-state index is -0.149. The molecule has 1 amide bonds. The first-order valence-corrected chi connectivity index (χ1v) is 8.29. The van der Waals surface area contributed by atoms with Crippen molar-refractivity contribution in [1.29, 1.82) is 0 Å². The number of hydrogen-bond donors (Lipinski definition) is 1. The van der Waals surface area contributed by atoms with Crippen molar-refractivity contribution in [3.63, 3.8) is 0 Å². The summed E-state index contributed by atoms with van der Waals surface area (Å²) >= 11 is 0. The third kappa shape index (κ3) is 3.32. The standard InChI is InChI=1S/C19H17N5O2/c1-13(9-17-22-18(23-26-17)14-5-3-2-4-6-14)21-19(25)15-7-8-24-12-20-11-16(24)10-15/h2-8,10-13H,9H2,1H3,(H,21,25)/t13-/m0/s1. The summed E-state index contributed by atoms with van der Waals surface area (Å²) in [5.41, 5.74) is 2.35. The lowest BCUT2D eigenvalue weighted by atomic mass is 10.2. The Bertz CT molecular complexity index is 1040. The number of amides is 1. The molecule has 7 heteroatoms. The van der Waals surface area contributed by atoms with Crippen LogP contribution in [0.15, 0.2) is 65.7 Å². The molecule has 0 fully saturated rings. The topological polar surface area (TPSA) is 85.3 Å². The lowest BCUT2D eigenvalue weighted by Gasteiger charge is -2.11. The van der Waals surface area contributed by atoms with E-state index < -0.39 is 0 Å². The maximum Gasteiger partial charge on any atom is 0.251 e. The van der Waals surface area contributed by atoms with Gasteiger partial charge in [-0.05, 0) is 19.1 Å². The Morgan fingerprint density at radius 3 is 2.96 bits per heavy atom. The van der Waals surface area contributed by atoms with Gasteiger partial charge < -0.3 is 14.2 Å². The zero-order chi connectivity index (χ0) is 17.9. The molecule has 0 radical (unpaired) electrons. The maximum atomic E-state index is 12.4. The van der Waals surface area contributed by atoms with Crippen LogP contribution in [0.1, 0.15) is 23.2 Å². The highest BCUT2D eigenvalue weighted by atomic mass is 16.5. The lowest BCUT2D eigenvalue weighted by Crippen LogP contribution is -2.34. The van der Waals surface area contributed by atoms with Crippen LogP contribution in [-0.2, 0) is 6.42 Å². The number of imidazole rings is 1. The fourth-order valence-electron chi connectivity index (χ4n) is 2.72. The zero-order valence-electron chi connectivity index (χ0n) is 14.2. The maximum absolute atomic E-state index is 12.4. The molecule has 0 spiro atoms. The second-order valence-corrected chi connectivity index (χ2v) is 6.10. The third-order valence-electron chi connectivity index (χ3n) is 4.03. The van der Waals surface area contributed by atoms with Crippen molar-refractivity contribution in [2.45, 2.75) is 19.4 Å². The minimum absolute atomic E-state index is 0.146. The SMILES string of the molecule is C[C@@H](Cc1nc(-c2ccccc2)no1)NC(=O)c1ccn2cncc2c1. The number of rotatable bonds is 5. The molecule has 4 rings (SSSR count). The molecule has 0 bridgehead atoms. The molecule has 4 aromatic rings. The molecule has 3 aromatic heterocycles. The van der Waals surface area contributed by atoms with E-state index in [1.165, 1.54) is 0 Å². The summed E-state index contributed by atoms with van der Waals surface area (Å²) in [5.74, 6) is 0.886. The minimum Gasteiger partial charge on any atom is -0.349 e. The van der Waals surface area contributed by atoms with E-state index in [1.54, 1.807) is 24.7 Å². The van der Waals surface area contributed by atoms with Crippen LogP contribution >= 0.6 is 0 Å². The number of pyridine rings is 1. The van der Waals surface area contributed by atoms with Gasteiger partial charge in [-0.15, -0.1) is 0 Å². The Kier molecular flexibility index (Phi) is 4.18. The fourth-order valence-corrected chi connectivity index (χ4v) is 2.72. The molecule has 0 aliphatic carbocycles. The van der Waals surface area contributed by atoms with E-state index in [9.17, 15) is 4.79 Å². The molecule has 0 saturated heterocycles. The van der Waals surface area contributed by atoms with Crippen molar-refractivity contribution in [1.82, 2.24) is 24.8 Å². The molecular weight excluding hydrogens is 330 g/mol. The zero-order valence-corrected chi connectivity index (χ0v) is 14.2. The van der Waals surface area contributed by atoms with Crippen LogP contribution in [-0.4, -0.2) is 31.5 Å². The second kappa shape index (κ2) is 6.79. The molecule has 7 nitrogen and oxygen atoms in total. The van der Waals surface area contributed by atoms with Crippen LogP contribution in [0.2, 0.25) is 0 Å². The molecule has 0 aliphatic rings. The Balaban J connectivity index is 1.41. The molecular formula is C19H17N5O2. The molecule has 3 heterocycles. The van der Waals surface area contributed by atoms with Gasteiger partial charge in [0.15, 0.2) is 0 Å². The van der Waals surface area contributed by atoms with Gasteiger partial charge in [-0.3, -0.25) is 4.79 Å². The highest BCUT2D eigenvalue weighted by molar-refractivity contribution is 5.95. The van der Waals surface area contributed by atoms with Gasteiger partial charge >= 0.3 is 0 Å². The average Bonchev–Trinajstić information content (AvgIpc) is 3.30. The third-order valence-corrected chi connectivity index (χ3v) is 4.03. The molecule has 0 aliphatic heterocycles. The van der Waals surface area contributed by atoms with Crippen LogP contribution < -0.4 is 5.32 Å². The van der Waals surface area contributed by atoms with Crippen molar-refractivity contribution in [2.75, 3.05) is 0 Å². The Labute approximate surface area is 149 Å². The van der Waals surface area contributed by atoms with E-state index >= 15 is 0 Å². The molecule has 130 valence electrons. The number of hydrogen-bond acceptors (Lipinski definition) is 5. The first-order valence-electron chi connectivity index (χ1n) is 8.29. The highest BCUT2D eigenvalue weighted by Gasteiger charge is 2.15. The Hall–Kier alpha value is -3.48. The van der Waals surface area contributed by atoms with Gasteiger partial charge in [0, 0.05) is 29.8 Å². The number of aromatic nitrogens is 4. The molecule has 0 unspecified atom stereocenters. The van der Waals surface area contributed by atoms with Crippen molar-refractivity contribution in [3.05, 3.63) is 72.6 Å². The number of carbonyl (C=O) groups excluding carboxylic acids is 1. The number of benzene rings is 1. The van der Waals surface area contributed by atoms with E-state index in [0.717, 1.165) is 11.1 Å². The van der Waals surface area contributed by atoms with Crippen molar-refractivity contribution in [2.24, 2.45) is 0 Å². The quantitative estimate of drug-likeness (QED) is 0.600. The number of carbonyl (C=O) groups is 1. The largest absolute Gasteiger partial charge is 0.349 e. The van der Waals surface area contributed by atoms with Gasteiger partial charge in [0.1, 0.15) is 0 Å². The fraction of sp³-hybridized carbons (Fsp3) is 0.158. The Morgan fingerprint density at radius 1 is 1.27 bits per heavy atom. The van der Waals surface area contributed by atoms with Crippen LogP contribution in [0, 0.1) is 0 Å². The lowest BCUT2D eigenvalue weighted by molar-refractivity contribution is 0.0938. The summed E-state index contributed by atoms with van der Waals surface area (Å²) in [6, 6.07) is 13.0. The summed E-state index contributed by atoms with van der Waals surface area (Å²) < 4.78 is 7.15. The normalized spacial score (nSPS) is 12.2. The summed E-state index contributed by atoms with van der Waals surface area (Å²) in [4.78, 5) is 20.9. The summed E-state index contributed by atoms with van der Waals surface area (Å²) in [6.07, 6.45) is 5.68. The molecule has 1 atom stereocenters. The van der Waals surface area contributed by atoms with Crippen LogP contribution in [0.5, 0.6) is 0 Å².